The Hall–Kier alpha value is -3.40. The SMILES string of the molecule is Cc1cc(C)c2cc([C@H](c3nnnn3C[C@@H]3CCCO3)N3CCN(Cc4ccccc4)CC3)c(=O)[nH]c2c1. The smallest absolute Gasteiger partial charge is 0.253 e. The number of hydrogen-bond acceptors (Lipinski definition) is 7. The number of benzene rings is 2. The van der Waals surface area contributed by atoms with Crippen molar-refractivity contribution in [2.45, 2.75) is 51.9 Å². The number of pyridine rings is 1. The number of aromatic amines is 1. The molecule has 4 heterocycles. The Balaban J connectivity index is 1.34. The normalized spacial score (nSPS) is 19.8. The summed E-state index contributed by atoms with van der Waals surface area (Å²) in [5, 5.41) is 13.9. The lowest BCUT2D eigenvalue weighted by atomic mass is 9.99. The minimum atomic E-state index is -0.348. The van der Waals surface area contributed by atoms with Crippen LogP contribution in [0, 0.1) is 13.8 Å². The van der Waals surface area contributed by atoms with Gasteiger partial charge >= 0.3 is 0 Å². The predicted octanol–water partition coefficient (Wildman–Crippen LogP) is 3.22. The van der Waals surface area contributed by atoms with Crippen LogP contribution in [0.1, 0.15) is 47.0 Å². The number of nitrogens with one attached hydrogen (secondary N) is 1. The second-order valence-corrected chi connectivity index (χ2v) is 10.7. The molecule has 38 heavy (non-hydrogen) atoms. The maximum absolute atomic E-state index is 13.6. The molecule has 1 N–H and O–H groups in total. The number of nitrogens with zero attached hydrogens (tertiary/aromatic N) is 6. The molecule has 2 aromatic carbocycles. The van der Waals surface area contributed by atoms with Crippen molar-refractivity contribution < 1.29 is 4.74 Å². The van der Waals surface area contributed by atoms with Crippen molar-refractivity contribution in [2.24, 2.45) is 0 Å². The van der Waals surface area contributed by atoms with Crippen molar-refractivity contribution in [1.82, 2.24) is 35.0 Å². The van der Waals surface area contributed by atoms with Crippen molar-refractivity contribution in [3.05, 3.63) is 87.0 Å². The van der Waals surface area contributed by atoms with Crippen LogP contribution in [0.5, 0.6) is 0 Å². The summed E-state index contributed by atoms with van der Waals surface area (Å²) in [5.41, 5.74) is 5.04. The molecular formula is C29H35N7O2. The second-order valence-electron chi connectivity index (χ2n) is 10.7. The topological polar surface area (TPSA) is 92.2 Å². The number of tetrazole rings is 1. The molecule has 0 bridgehead atoms. The van der Waals surface area contributed by atoms with Gasteiger partial charge in [-0.15, -0.1) is 5.10 Å². The minimum Gasteiger partial charge on any atom is -0.376 e. The largest absolute Gasteiger partial charge is 0.376 e. The molecule has 6 rings (SSSR count). The van der Waals surface area contributed by atoms with Crippen LogP contribution in [0.2, 0.25) is 0 Å². The number of ether oxygens (including phenoxy) is 1. The van der Waals surface area contributed by atoms with E-state index in [1.165, 1.54) is 5.56 Å². The standard InChI is InChI=1S/C29H35N7O2/c1-20-15-21(2)24-17-25(29(37)30-26(24)16-20)27(28-31-32-33-36(28)19-23-9-6-14-38-23)35-12-10-34(11-13-35)18-22-7-4-3-5-8-22/h3-5,7-8,15-17,23,27H,6,9-14,18-19H2,1-2H3,(H,30,37)/t23-,27+/m0/s1. The monoisotopic (exact) mass is 513 g/mol. The van der Waals surface area contributed by atoms with Gasteiger partial charge in [0, 0.05) is 55.8 Å². The molecule has 2 aliphatic rings. The van der Waals surface area contributed by atoms with E-state index in [-0.39, 0.29) is 17.7 Å². The van der Waals surface area contributed by atoms with E-state index in [2.05, 4.69) is 86.6 Å². The molecule has 0 radical (unpaired) electrons. The summed E-state index contributed by atoms with van der Waals surface area (Å²) < 4.78 is 7.74. The number of aryl methyl sites for hydroxylation is 2. The molecule has 2 aliphatic heterocycles. The molecule has 2 fully saturated rings. The van der Waals surface area contributed by atoms with Gasteiger partial charge in [-0.2, -0.15) is 0 Å². The number of fused-ring (bicyclic) bond motifs is 1. The summed E-state index contributed by atoms with van der Waals surface area (Å²) in [6.45, 7) is 9.87. The van der Waals surface area contributed by atoms with E-state index in [4.69, 9.17) is 4.74 Å². The van der Waals surface area contributed by atoms with E-state index in [1.807, 2.05) is 10.7 Å². The summed E-state index contributed by atoms with van der Waals surface area (Å²) in [6.07, 6.45) is 2.15. The Morgan fingerprint density at radius 2 is 1.89 bits per heavy atom. The number of aromatic nitrogens is 5. The Bertz CT molecular complexity index is 1450. The van der Waals surface area contributed by atoms with Gasteiger partial charge in [0.25, 0.3) is 5.56 Å². The zero-order valence-corrected chi connectivity index (χ0v) is 22.1. The summed E-state index contributed by atoms with van der Waals surface area (Å²) >= 11 is 0. The first-order valence-electron chi connectivity index (χ1n) is 13.6. The molecular weight excluding hydrogens is 478 g/mol. The zero-order chi connectivity index (χ0) is 26.1. The van der Waals surface area contributed by atoms with Crippen molar-refractivity contribution in [1.29, 1.82) is 0 Å². The first-order valence-corrected chi connectivity index (χ1v) is 13.6. The third-order valence-electron chi connectivity index (χ3n) is 7.86. The van der Waals surface area contributed by atoms with Crippen LogP contribution in [0.15, 0.2) is 53.3 Å². The fourth-order valence-electron chi connectivity index (χ4n) is 5.93. The van der Waals surface area contributed by atoms with E-state index in [9.17, 15) is 4.79 Å². The van der Waals surface area contributed by atoms with E-state index < -0.39 is 0 Å². The Labute approximate surface area is 222 Å². The molecule has 0 saturated carbocycles. The average molecular weight is 514 g/mol. The molecule has 0 amide bonds. The molecule has 2 atom stereocenters. The Morgan fingerprint density at radius 1 is 1.08 bits per heavy atom. The lowest BCUT2D eigenvalue weighted by Crippen LogP contribution is -2.48. The fourth-order valence-corrected chi connectivity index (χ4v) is 5.93. The molecule has 198 valence electrons. The van der Waals surface area contributed by atoms with Crippen LogP contribution < -0.4 is 5.56 Å². The van der Waals surface area contributed by atoms with Crippen molar-refractivity contribution in [3.63, 3.8) is 0 Å². The molecule has 9 nitrogen and oxygen atoms in total. The predicted molar refractivity (Wildman–Crippen MR) is 146 cm³/mol. The molecule has 0 aliphatic carbocycles. The van der Waals surface area contributed by atoms with Gasteiger partial charge in [0.05, 0.1) is 12.6 Å². The van der Waals surface area contributed by atoms with E-state index >= 15 is 0 Å². The van der Waals surface area contributed by atoms with Crippen molar-refractivity contribution >= 4 is 10.9 Å². The summed E-state index contributed by atoms with van der Waals surface area (Å²) in [6, 6.07) is 16.5. The van der Waals surface area contributed by atoms with Gasteiger partial charge in [-0.25, -0.2) is 4.68 Å². The lowest BCUT2D eigenvalue weighted by Gasteiger charge is -2.38. The van der Waals surface area contributed by atoms with E-state index in [0.717, 1.165) is 74.2 Å². The van der Waals surface area contributed by atoms with E-state index in [0.29, 0.717) is 17.9 Å². The van der Waals surface area contributed by atoms with Gasteiger partial charge in [-0.3, -0.25) is 14.6 Å². The van der Waals surface area contributed by atoms with E-state index in [1.54, 1.807) is 0 Å². The molecule has 0 spiro atoms. The highest BCUT2D eigenvalue weighted by molar-refractivity contribution is 5.83. The zero-order valence-electron chi connectivity index (χ0n) is 22.1. The van der Waals surface area contributed by atoms with Crippen LogP contribution in [0.25, 0.3) is 10.9 Å². The summed E-state index contributed by atoms with van der Waals surface area (Å²) in [4.78, 5) is 21.6. The Kier molecular flexibility index (Phi) is 7.06. The van der Waals surface area contributed by atoms with Crippen LogP contribution in [0.4, 0.5) is 0 Å². The first kappa shape index (κ1) is 24.9. The highest BCUT2D eigenvalue weighted by Gasteiger charge is 2.33. The van der Waals surface area contributed by atoms with Gasteiger partial charge in [-0.05, 0) is 65.9 Å². The number of rotatable bonds is 7. The quantitative estimate of drug-likeness (QED) is 0.406. The third-order valence-corrected chi connectivity index (χ3v) is 7.86. The second kappa shape index (κ2) is 10.8. The lowest BCUT2D eigenvalue weighted by molar-refractivity contribution is 0.0840. The average Bonchev–Trinajstić information content (AvgIpc) is 3.59. The van der Waals surface area contributed by atoms with Gasteiger partial charge < -0.3 is 9.72 Å². The molecule has 9 heteroatoms. The van der Waals surface area contributed by atoms with Crippen LogP contribution in [-0.2, 0) is 17.8 Å². The Morgan fingerprint density at radius 3 is 2.66 bits per heavy atom. The maximum atomic E-state index is 13.6. The first-order chi connectivity index (χ1) is 18.5. The van der Waals surface area contributed by atoms with Crippen LogP contribution >= 0.6 is 0 Å². The fraction of sp³-hybridized carbons (Fsp3) is 0.448. The summed E-state index contributed by atoms with van der Waals surface area (Å²) in [5.74, 6) is 0.701. The van der Waals surface area contributed by atoms with Crippen molar-refractivity contribution in [3.8, 4) is 0 Å². The van der Waals surface area contributed by atoms with Crippen LogP contribution in [0.3, 0.4) is 0 Å². The molecule has 2 saturated heterocycles. The van der Waals surface area contributed by atoms with Gasteiger partial charge in [0.1, 0.15) is 6.04 Å². The minimum absolute atomic E-state index is 0.0918. The molecule has 4 aromatic rings. The number of piperazine rings is 1. The number of hydrogen-bond donors (Lipinski definition) is 1. The van der Waals surface area contributed by atoms with Gasteiger partial charge in [0.15, 0.2) is 5.82 Å². The maximum Gasteiger partial charge on any atom is 0.253 e. The van der Waals surface area contributed by atoms with Gasteiger partial charge in [-0.1, -0.05) is 36.4 Å². The highest BCUT2D eigenvalue weighted by Crippen LogP contribution is 2.30. The van der Waals surface area contributed by atoms with Crippen LogP contribution in [-0.4, -0.2) is 73.9 Å². The molecule has 0 unspecified atom stereocenters. The highest BCUT2D eigenvalue weighted by atomic mass is 16.5. The third kappa shape index (κ3) is 5.14. The summed E-state index contributed by atoms with van der Waals surface area (Å²) in [7, 11) is 0. The number of H-pyrrole nitrogens is 1. The molecule has 2 aromatic heterocycles. The van der Waals surface area contributed by atoms with Gasteiger partial charge in [0.2, 0.25) is 0 Å². The van der Waals surface area contributed by atoms with Crippen molar-refractivity contribution in [2.75, 3.05) is 32.8 Å².